The van der Waals surface area contributed by atoms with Crippen molar-refractivity contribution < 1.29 is 24.2 Å². The zero-order valence-corrected chi connectivity index (χ0v) is 11.0. The molecule has 0 unspecified atom stereocenters. The van der Waals surface area contributed by atoms with Crippen LogP contribution in [0.15, 0.2) is 30.3 Å². The Morgan fingerprint density at radius 1 is 0.944 bits per heavy atom. The fourth-order valence-electron chi connectivity index (χ4n) is 0.649. The van der Waals surface area contributed by atoms with Gasteiger partial charge in [0.2, 0.25) is 0 Å². The second-order valence-electron chi connectivity index (χ2n) is 2.68. The first-order valence-electron chi connectivity index (χ1n) is 5.42. The average Bonchev–Trinajstić information content (AvgIpc) is 2.40. The molecule has 100 valence electrons. The van der Waals surface area contributed by atoms with E-state index >= 15 is 0 Å². The van der Waals surface area contributed by atoms with Crippen molar-refractivity contribution in [1.82, 2.24) is 0 Å². The summed E-state index contributed by atoms with van der Waals surface area (Å²) in [6.07, 6.45) is 0.833. The van der Waals surface area contributed by atoms with Crippen molar-refractivity contribution in [3.05, 3.63) is 35.9 Å². The molecule has 0 aliphatic rings. The molecule has 0 spiro atoms. The molecule has 1 aromatic carbocycles. The lowest BCUT2D eigenvalue weighted by molar-refractivity contribution is -0.255. The normalized spacial score (nSPS) is 7.56. The third kappa shape index (κ3) is 13.8. The van der Waals surface area contributed by atoms with Crippen LogP contribution in [0.2, 0.25) is 0 Å². The van der Waals surface area contributed by atoms with Gasteiger partial charge in [0.05, 0.1) is 0 Å². The molecule has 0 atom stereocenters. The van der Waals surface area contributed by atoms with Gasteiger partial charge in [0.15, 0.2) is 0 Å². The molecule has 0 heterocycles. The highest BCUT2D eigenvalue weighted by atomic mass is 17.2. The Bertz CT molecular complexity index is 332. The summed E-state index contributed by atoms with van der Waals surface area (Å²) in [6, 6.07) is 9.10. The van der Waals surface area contributed by atoms with E-state index in [-0.39, 0.29) is 0 Å². The van der Waals surface area contributed by atoms with Crippen LogP contribution >= 0.6 is 0 Å². The van der Waals surface area contributed by atoms with Crippen LogP contribution in [-0.2, 0) is 19.4 Å². The van der Waals surface area contributed by atoms with Crippen LogP contribution in [0.5, 0.6) is 0 Å². The summed E-state index contributed by atoms with van der Waals surface area (Å²) in [5.74, 6) is -1.28. The van der Waals surface area contributed by atoms with Gasteiger partial charge >= 0.3 is 11.9 Å². The third-order valence-corrected chi connectivity index (χ3v) is 1.21. The highest BCUT2D eigenvalue weighted by Gasteiger charge is 1.95. The van der Waals surface area contributed by atoms with E-state index in [1.807, 2.05) is 32.0 Å². The molecule has 0 aromatic heterocycles. The zero-order valence-electron chi connectivity index (χ0n) is 11.0. The van der Waals surface area contributed by atoms with Gasteiger partial charge in [-0.3, -0.25) is 4.79 Å². The highest BCUT2D eigenvalue weighted by Crippen LogP contribution is 1.91. The molecule has 0 saturated carbocycles. The second kappa shape index (κ2) is 12.9. The van der Waals surface area contributed by atoms with Gasteiger partial charge in [-0.25, -0.2) is 19.4 Å². The van der Waals surface area contributed by atoms with E-state index in [2.05, 4.69) is 9.78 Å². The zero-order chi connectivity index (χ0) is 14.4. The summed E-state index contributed by atoms with van der Waals surface area (Å²) in [5, 5.41) is 0. The molecule has 1 aromatic rings. The molecule has 18 heavy (non-hydrogen) atoms. The highest BCUT2D eigenvalue weighted by molar-refractivity contribution is 5.74. The molecule has 0 N–H and O–H groups in total. The van der Waals surface area contributed by atoms with E-state index in [4.69, 9.17) is 0 Å². The summed E-state index contributed by atoms with van der Waals surface area (Å²) in [6.45, 7) is 6.28. The fraction of sp³-hybridized carbons (Fsp3) is 0.308. The van der Waals surface area contributed by atoms with Gasteiger partial charge in [0.25, 0.3) is 0 Å². The summed E-state index contributed by atoms with van der Waals surface area (Å²) >= 11 is 0. The van der Waals surface area contributed by atoms with Gasteiger partial charge < -0.3 is 0 Å². The van der Waals surface area contributed by atoms with Crippen molar-refractivity contribution in [2.75, 3.05) is 0 Å². The van der Waals surface area contributed by atoms with Crippen LogP contribution in [0, 0.1) is 0 Å². The van der Waals surface area contributed by atoms with Crippen molar-refractivity contribution in [3.63, 3.8) is 0 Å². The number of rotatable bonds is 1. The Balaban J connectivity index is 0. The van der Waals surface area contributed by atoms with E-state index in [0.717, 1.165) is 25.7 Å². The molecular weight excluding hydrogens is 236 g/mol. The van der Waals surface area contributed by atoms with E-state index in [9.17, 15) is 14.4 Å². The van der Waals surface area contributed by atoms with Crippen LogP contribution < -0.4 is 0 Å². The Labute approximate surface area is 107 Å². The monoisotopic (exact) mass is 254 g/mol. The molecule has 0 aliphatic carbocycles. The summed E-state index contributed by atoms with van der Waals surface area (Å²) in [5.41, 5.74) is 0.729. The van der Waals surface area contributed by atoms with Crippen molar-refractivity contribution in [2.24, 2.45) is 0 Å². The molecular formula is C13H18O5. The van der Waals surface area contributed by atoms with Crippen LogP contribution in [0.3, 0.4) is 0 Å². The molecule has 0 radical (unpaired) electrons. The lowest BCUT2D eigenvalue weighted by atomic mass is 10.2. The van der Waals surface area contributed by atoms with Gasteiger partial charge in [0.1, 0.15) is 6.29 Å². The summed E-state index contributed by atoms with van der Waals surface area (Å²) in [7, 11) is 0. The maximum atomic E-state index is 10.0. The van der Waals surface area contributed by atoms with E-state index < -0.39 is 11.9 Å². The molecule has 0 fully saturated rings. The predicted molar refractivity (Wildman–Crippen MR) is 66.7 cm³/mol. The third-order valence-electron chi connectivity index (χ3n) is 1.21. The summed E-state index contributed by atoms with van der Waals surface area (Å²) in [4.78, 5) is 37.3. The average molecular weight is 254 g/mol. The lowest BCUT2D eigenvalue weighted by Gasteiger charge is -1.93. The number of aldehydes is 1. The van der Waals surface area contributed by atoms with Crippen molar-refractivity contribution in [2.45, 2.75) is 27.7 Å². The number of carbonyl (C=O) groups is 3. The smallest absolute Gasteiger partial charge is 0.298 e. The minimum absolute atomic E-state index is 0.639. The molecule has 5 heteroatoms. The van der Waals surface area contributed by atoms with E-state index in [1.165, 1.54) is 0 Å². The van der Waals surface area contributed by atoms with Gasteiger partial charge in [-0.15, -0.1) is 0 Å². The Morgan fingerprint density at radius 3 is 1.56 bits per heavy atom. The Morgan fingerprint density at radius 2 is 1.33 bits per heavy atom. The largest absolute Gasteiger partial charge is 0.352 e. The van der Waals surface area contributed by atoms with Crippen LogP contribution in [0.1, 0.15) is 38.1 Å². The van der Waals surface area contributed by atoms with Gasteiger partial charge in [-0.2, -0.15) is 0 Å². The molecule has 0 saturated heterocycles. The first-order chi connectivity index (χ1) is 8.56. The number of hydrogen-bond acceptors (Lipinski definition) is 5. The van der Waals surface area contributed by atoms with Crippen molar-refractivity contribution >= 4 is 18.2 Å². The predicted octanol–water partition coefficient (Wildman–Crippen LogP) is 2.55. The molecule has 1 rings (SSSR count). The van der Waals surface area contributed by atoms with Crippen LogP contribution in [0.4, 0.5) is 0 Å². The molecule has 5 nitrogen and oxygen atoms in total. The topological polar surface area (TPSA) is 69.7 Å². The quantitative estimate of drug-likeness (QED) is 0.437. The van der Waals surface area contributed by atoms with E-state index in [0.29, 0.717) is 0 Å². The maximum Gasteiger partial charge on any atom is 0.352 e. The molecule has 0 aliphatic heterocycles. The Kier molecular flexibility index (Phi) is 13.0. The molecule has 0 bridgehead atoms. The number of hydrogen-bond donors (Lipinski definition) is 0. The first-order valence-corrected chi connectivity index (χ1v) is 5.42. The van der Waals surface area contributed by atoms with Crippen LogP contribution in [0.25, 0.3) is 0 Å². The number of benzene rings is 1. The van der Waals surface area contributed by atoms with Gasteiger partial charge in [-0.05, 0) is 0 Å². The SMILES string of the molecule is CC.CC(=O)OOC(C)=O.O=Cc1ccccc1. The second-order valence-corrected chi connectivity index (χ2v) is 2.68. The fourth-order valence-corrected chi connectivity index (χ4v) is 0.649. The minimum Gasteiger partial charge on any atom is -0.298 e. The Hall–Kier alpha value is -2.17. The van der Waals surface area contributed by atoms with Crippen LogP contribution in [-0.4, -0.2) is 18.2 Å². The van der Waals surface area contributed by atoms with Crippen molar-refractivity contribution in [1.29, 1.82) is 0 Å². The minimum atomic E-state index is -0.639. The summed E-state index contributed by atoms with van der Waals surface area (Å²) < 4.78 is 0. The first kappa shape index (κ1) is 18.2. The van der Waals surface area contributed by atoms with Gasteiger partial charge in [-0.1, -0.05) is 44.2 Å². The lowest BCUT2D eigenvalue weighted by Crippen LogP contribution is -2.03. The van der Waals surface area contributed by atoms with Gasteiger partial charge in [0, 0.05) is 19.4 Å². The standard InChI is InChI=1S/C7H6O.C4H6O4.C2H6/c8-6-7-4-2-1-3-5-7;1-3(5)7-8-4(2)6;1-2/h1-6H;1-2H3;1-2H3. The maximum absolute atomic E-state index is 10.0. The van der Waals surface area contributed by atoms with E-state index in [1.54, 1.807) is 12.1 Å². The van der Waals surface area contributed by atoms with Crippen molar-refractivity contribution in [3.8, 4) is 0 Å². The molecule has 0 amide bonds. The number of carbonyl (C=O) groups excluding carboxylic acids is 3.